The van der Waals surface area contributed by atoms with Crippen molar-refractivity contribution in [3.8, 4) is 0 Å². The maximum atomic E-state index is 12.5. The highest BCUT2D eigenvalue weighted by molar-refractivity contribution is 5.97. The van der Waals surface area contributed by atoms with E-state index in [1.54, 1.807) is 47.4 Å². The molecule has 0 radical (unpaired) electrons. The van der Waals surface area contributed by atoms with Gasteiger partial charge >= 0.3 is 0 Å². The van der Waals surface area contributed by atoms with Crippen LogP contribution in [0.3, 0.4) is 0 Å². The van der Waals surface area contributed by atoms with Gasteiger partial charge in [-0.3, -0.25) is 24.3 Å². The Morgan fingerprint density at radius 1 is 1.03 bits per heavy atom. The lowest BCUT2D eigenvalue weighted by atomic mass is 10.2. The van der Waals surface area contributed by atoms with E-state index in [4.69, 9.17) is 0 Å². The van der Waals surface area contributed by atoms with Crippen molar-refractivity contribution in [2.75, 3.05) is 16.8 Å². The lowest BCUT2D eigenvalue weighted by Crippen LogP contribution is -2.31. The number of aromatic nitrogens is 2. The number of aryl methyl sites for hydroxylation is 1. The van der Waals surface area contributed by atoms with Gasteiger partial charge in [0.15, 0.2) is 0 Å². The van der Waals surface area contributed by atoms with Gasteiger partial charge in [-0.2, -0.15) is 0 Å². The van der Waals surface area contributed by atoms with Gasteiger partial charge in [0, 0.05) is 30.8 Å². The predicted molar refractivity (Wildman–Crippen MR) is 110 cm³/mol. The van der Waals surface area contributed by atoms with Gasteiger partial charge in [0.1, 0.15) is 0 Å². The van der Waals surface area contributed by atoms with Gasteiger partial charge in [0.2, 0.25) is 11.8 Å². The number of fused-ring (bicyclic) bond motifs is 1. The third kappa shape index (κ3) is 3.82. The number of rotatable bonds is 5. The summed E-state index contributed by atoms with van der Waals surface area (Å²) in [6, 6.07) is 13.7. The van der Waals surface area contributed by atoms with Crippen molar-refractivity contribution >= 4 is 34.0 Å². The molecule has 148 valence electrons. The Bertz CT molecular complexity index is 1210. The van der Waals surface area contributed by atoms with E-state index in [0.29, 0.717) is 29.4 Å². The summed E-state index contributed by atoms with van der Waals surface area (Å²) in [6.07, 6.45) is 1.38. The number of nitrogens with zero attached hydrogens (tertiary/aromatic N) is 2. The maximum absolute atomic E-state index is 12.5. The third-order valence-electron chi connectivity index (χ3n) is 4.96. The van der Waals surface area contributed by atoms with E-state index in [2.05, 4.69) is 10.4 Å². The highest BCUT2D eigenvalue weighted by Gasteiger charge is 2.21. The summed E-state index contributed by atoms with van der Waals surface area (Å²) < 4.78 is 1.16. The van der Waals surface area contributed by atoms with Gasteiger partial charge in [0.05, 0.1) is 17.3 Å². The molecule has 1 saturated heterocycles. The number of nitrogens with one attached hydrogen (secondary N) is 2. The fourth-order valence-corrected chi connectivity index (χ4v) is 3.51. The first-order chi connectivity index (χ1) is 14.0. The van der Waals surface area contributed by atoms with E-state index < -0.39 is 0 Å². The summed E-state index contributed by atoms with van der Waals surface area (Å²) in [5.41, 5.74) is 0.609. The fraction of sp³-hybridized carbons (Fsp3) is 0.238. The van der Waals surface area contributed by atoms with Crippen LogP contribution in [-0.4, -0.2) is 28.1 Å². The van der Waals surface area contributed by atoms with Crippen LogP contribution in [0.4, 0.5) is 11.4 Å². The van der Waals surface area contributed by atoms with Gasteiger partial charge in [-0.05, 0) is 36.8 Å². The van der Waals surface area contributed by atoms with Crippen LogP contribution >= 0.6 is 0 Å². The Kier molecular flexibility index (Phi) is 4.99. The van der Waals surface area contributed by atoms with Crippen LogP contribution in [0.5, 0.6) is 0 Å². The highest BCUT2D eigenvalue weighted by atomic mass is 16.2. The SMILES string of the molecule is O=C(CCn1[nH]c(=O)c2ccccc2c1=O)Nc1cccc(N2CCCC2=O)c1. The van der Waals surface area contributed by atoms with Crippen molar-refractivity contribution in [1.29, 1.82) is 0 Å². The van der Waals surface area contributed by atoms with Crippen molar-refractivity contribution in [3.63, 3.8) is 0 Å². The molecule has 2 N–H and O–H groups in total. The Morgan fingerprint density at radius 3 is 2.59 bits per heavy atom. The molecule has 1 aromatic heterocycles. The van der Waals surface area contributed by atoms with Crippen LogP contribution < -0.4 is 21.3 Å². The first-order valence-corrected chi connectivity index (χ1v) is 9.45. The molecule has 29 heavy (non-hydrogen) atoms. The Hall–Kier alpha value is -3.68. The number of carbonyl (C=O) groups excluding carboxylic acids is 2. The van der Waals surface area contributed by atoms with Gasteiger partial charge < -0.3 is 10.2 Å². The minimum atomic E-state index is -0.372. The zero-order valence-electron chi connectivity index (χ0n) is 15.7. The molecule has 0 aliphatic carbocycles. The van der Waals surface area contributed by atoms with Gasteiger partial charge in [0.25, 0.3) is 11.1 Å². The van der Waals surface area contributed by atoms with E-state index in [9.17, 15) is 19.2 Å². The van der Waals surface area contributed by atoms with E-state index in [1.807, 2.05) is 6.07 Å². The maximum Gasteiger partial charge on any atom is 0.273 e. The van der Waals surface area contributed by atoms with E-state index in [0.717, 1.165) is 16.8 Å². The van der Waals surface area contributed by atoms with E-state index in [1.165, 1.54) is 0 Å². The fourth-order valence-electron chi connectivity index (χ4n) is 3.51. The van der Waals surface area contributed by atoms with Crippen molar-refractivity contribution in [2.45, 2.75) is 25.8 Å². The zero-order valence-corrected chi connectivity index (χ0v) is 15.7. The highest BCUT2D eigenvalue weighted by Crippen LogP contribution is 2.24. The van der Waals surface area contributed by atoms with Crippen molar-refractivity contribution in [3.05, 3.63) is 69.2 Å². The zero-order chi connectivity index (χ0) is 20.4. The summed E-state index contributed by atoms with van der Waals surface area (Å²) in [6.45, 7) is 0.726. The van der Waals surface area contributed by atoms with Crippen molar-refractivity contribution in [1.82, 2.24) is 9.78 Å². The molecule has 0 bridgehead atoms. The third-order valence-corrected chi connectivity index (χ3v) is 4.96. The smallest absolute Gasteiger partial charge is 0.273 e. The number of hydrogen-bond donors (Lipinski definition) is 2. The molecule has 2 heterocycles. The minimum Gasteiger partial charge on any atom is -0.326 e. The molecular formula is C21H20N4O4. The Labute approximate surface area is 165 Å². The average molecular weight is 392 g/mol. The summed E-state index contributed by atoms with van der Waals surface area (Å²) in [5, 5.41) is 5.94. The molecule has 1 aliphatic rings. The van der Waals surface area contributed by atoms with Crippen LogP contribution in [0.25, 0.3) is 10.8 Å². The van der Waals surface area contributed by atoms with Crippen molar-refractivity contribution in [2.24, 2.45) is 0 Å². The number of anilines is 2. The number of aromatic amines is 1. The number of carbonyl (C=O) groups is 2. The van der Waals surface area contributed by atoms with E-state index >= 15 is 0 Å². The monoisotopic (exact) mass is 392 g/mol. The molecular weight excluding hydrogens is 372 g/mol. The predicted octanol–water partition coefficient (Wildman–Crippen LogP) is 1.85. The second-order valence-corrected chi connectivity index (χ2v) is 6.94. The second kappa shape index (κ2) is 7.75. The molecule has 0 saturated carbocycles. The molecule has 4 rings (SSSR count). The molecule has 8 nitrogen and oxygen atoms in total. The van der Waals surface area contributed by atoms with E-state index in [-0.39, 0.29) is 35.9 Å². The standard InChI is InChI=1S/C21H20N4O4/c26-18(22-14-5-3-6-15(13-14)24-11-4-9-19(24)27)10-12-25-21(29)17-8-2-1-7-16(17)20(28)23-25/h1-3,5-8,13H,4,9-12H2,(H,22,26)(H,23,28). The van der Waals surface area contributed by atoms with Crippen LogP contribution in [-0.2, 0) is 16.1 Å². The number of amides is 2. The van der Waals surface area contributed by atoms with Crippen LogP contribution in [0.1, 0.15) is 19.3 Å². The molecule has 0 unspecified atom stereocenters. The quantitative estimate of drug-likeness (QED) is 0.691. The van der Waals surface area contributed by atoms with Crippen LogP contribution in [0.15, 0.2) is 58.1 Å². The molecule has 0 atom stereocenters. The lowest BCUT2D eigenvalue weighted by molar-refractivity contribution is -0.117. The largest absolute Gasteiger partial charge is 0.326 e. The Morgan fingerprint density at radius 2 is 1.83 bits per heavy atom. The molecule has 2 aromatic carbocycles. The molecule has 1 fully saturated rings. The molecule has 1 aliphatic heterocycles. The normalized spacial score (nSPS) is 13.8. The van der Waals surface area contributed by atoms with Crippen molar-refractivity contribution < 1.29 is 9.59 Å². The van der Waals surface area contributed by atoms with Crippen LogP contribution in [0, 0.1) is 0 Å². The summed E-state index contributed by atoms with van der Waals surface area (Å²) in [5.74, 6) is -0.219. The van der Waals surface area contributed by atoms with Gasteiger partial charge in [-0.15, -0.1) is 0 Å². The first kappa shape index (κ1) is 18.7. The van der Waals surface area contributed by atoms with Gasteiger partial charge in [-0.25, -0.2) is 4.68 Å². The number of benzene rings is 2. The number of hydrogen-bond acceptors (Lipinski definition) is 4. The average Bonchev–Trinajstić information content (AvgIpc) is 3.16. The van der Waals surface area contributed by atoms with Gasteiger partial charge in [-0.1, -0.05) is 18.2 Å². The Balaban J connectivity index is 1.45. The molecule has 0 spiro atoms. The summed E-state index contributed by atoms with van der Waals surface area (Å²) in [7, 11) is 0. The minimum absolute atomic E-state index is 0.0149. The summed E-state index contributed by atoms with van der Waals surface area (Å²) >= 11 is 0. The number of H-pyrrole nitrogens is 1. The summed E-state index contributed by atoms with van der Waals surface area (Å²) in [4.78, 5) is 50.6. The second-order valence-electron chi connectivity index (χ2n) is 6.94. The lowest BCUT2D eigenvalue weighted by Gasteiger charge is -2.16. The molecule has 3 aromatic rings. The molecule has 2 amide bonds. The first-order valence-electron chi connectivity index (χ1n) is 9.45. The molecule has 8 heteroatoms. The van der Waals surface area contributed by atoms with Crippen LogP contribution in [0.2, 0.25) is 0 Å². The topological polar surface area (TPSA) is 104 Å².